The van der Waals surface area contributed by atoms with Crippen LogP contribution in [0.5, 0.6) is 11.5 Å². The van der Waals surface area contributed by atoms with Crippen LogP contribution in [0, 0.1) is 0 Å². The van der Waals surface area contributed by atoms with Crippen LogP contribution in [0.1, 0.15) is 29.8 Å². The van der Waals surface area contributed by atoms with Crippen LogP contribution < -0.4 is 26.0 Å². The zero-order chi connectivity index (χ0) is 22.4. The number of rotatable bonds is 9. The predicted molar refractivity (Wildman–Crippen MR) is 119 cm³/mol. The summed E-state index contributed by atoms with van der Waals surface area (Å²) in [6, 6.07) is 9.91. The third-order valence-corrected chi connectivity index (χ3v) is 4.61. The molecule has 0 bridgehead atoms. The Labute approximate surface area is 179 Å². The van der Waals surface area contributed by atoms with Crippen LogP contribution >= 0.6 is 0 Å². The van der Waals surface area contributed by atoms with E-state index in [1.165, 1.54) is 0 Å². The van der Waals surface area contributed by atoms with Gasteiger partial charge in [0.15, 0.2) is 11.5 Å². The van der Waals surface area contributed by atoms with Crippen molar-refractivity contribution in [2.24, 2.45) is 0 Å². The number of amides is 1. The van der Waals surface area contributed by atoms with Gasteiger partial charge in [0.25, 0.3) is 11.5 Å². The van der Waals surface area contributed by atoms with Gasteiger partial charge in [-0.3, -0.25) is 14.2 Å². The summed E-state index contributed by atoms with van der Waals surface area (Å²) in [5, 5.41) is 3.02. The van der Waals surface area contributed by atoms with Crippen molar-refractivity contribution in [3.05, 3.63) is 81.0 Å². The zero-order valence-corrected chi connectivity index (χ0v) is 17.6. The summed E-state index contributed by atoms with van der Waals surface area (Å²) in [6.07, 6.45) is 1.60. The van der Waals surface area contributed by atoms with Gasteiger partial charge in [0.1, 0.15) is 0 Å². The fourth-order valence-electron chi connectivity index (χ4n) is 3.15. The Morgan fingerprint density at radius 2 is 1.74 bits per heavy atom. The molecule has 31 heavy (non-hydrogen) atoms. The normalized spacial score (nSPS) is 10.6. The molecule has 1 amide bonds. The molecular formula is C23H25N3O5. The molecule has 0 aliphatic rings. The number of carbonyl (C=O) groups excluding carboxylic acids is 1. The molecule has 0 saturated heterocycles. The van der Waals surface area contributed by atoms with E-state index in [1.54, 1.807) is 42.5 Å². The number of benzene rings is 2. The molecule has 0 aliphatic heterocycles. The van der Waals surface area contributed by atoms with Crippen LogP contribution in [-0.4, -0.2) is 35.2 Å². The number of ether oxygens (including phenoxy) is 2. The molecule has 2 N–H and O–H groups in total. The van der Waals surface area contributed by atoms with Crippen molar-refractivity contribution in [3.8, 4) is 11.5 Å². The second kappa shape index (κ2) is 9.80. The lowest BCUT2D eigenvalue weighted by atomic mass is 10.1. The van der Waals surface area contributed by atoms with Crippen molar-refractivity contribution < 1.29 is 14.3 Å². The van der Waals surface area contributed by atoms with E-state index >= 15 is 0 Å². The van der Waals surface area contributed by atoms with Crippen molar-refractivity contribution >= 4 is 16.8 Å². The number of hydrogen-bond donors (Lipinski definition) is 2. The maximum Gasteiger partial charge on any atom is 0.329 e. The molecule has 3 aromatic rings. The summed E-state index contributed by atoms with van der Waals surface area (Å²) < 4.78 is 12.3. The first-order chi connectivity index (χ1) is 15.0. The molecule has 162 valence electrons. The van der Waals surface area contributed by atoms with E-state index in [4.69, 9.17) is 9.47 Å². The van der Waals surface area contributed by atoms with E-state index in [9.17, 15) is 14.4 Å². The van der Waals surface area contributed by atoms with Crippen LogP contribution in [0.25, 0.3) is 10.9 Å². The summed E-state index contributed by atoms with van der Waals surface area (Å²) in [6.45, 7) is 8.52. The highest BCUT2D eigenvalue weighted by atomic mass is 16.5. The molecule has 1 aromatic heterocycles. The molecule has 2 aromatic carbocycles. The second-order valence-electron chi connectivity index (χ2n) is 6.73. The highest BCUT2D eigenvalue weighted by Crippen LogP contribution is 2.30. The van der Waals surface area contributed by atoms with Gasteiger partial charge in [0, 0.05) is 18.2 Å². The average Bonchev–Trinajstić information content (AvgIpc) is 2.76. The lowest BCUT2D eigenvalue weighted by molar-refractivity contribution is 0.0958. The average molecular weight is 423 g/mol. The van der Waals surface area contributed by atoms with Gasteiger partial charge in [-0.2, -0.15) is 0 Å². The van der Waals surface area contributed by atoms with Crippen LogP contribution in [0.2, 0.25) is 0 Å². The molecule has 1 heterocycles. The van der Waals surface area contributed by atoms with Crippen molar-refractivity contribution in [1.82, 2.24) is 14.9 Å². The third kappa shape index (κ3) is 4.85. The van der Waals surface area contributed by atoms with Gasteiger partial charge in [-0.05, 0) is 37.6 Å². The Morgan fingerprint density at radius 3 is 2.35 bits per heavy atom. The van der Waals surface area contributed by atoms with Crippen molar-refractivity contribution in [3.63, 3.8) is 0 Å². The fourth-order valence-corrected chi connectivity index (χ4v) is 3.15. The predicted octanol–water partition coefficient (Wildman–Crippen LogP) is 2.45. The summed E-state index contributed by atoms with van der Waals surface area (Å²) in [5.74, 6) is 0.693. The molecule has 0 radical (unpaired) electrons. The minimum absolute atomic E-state index is 0.0653. The number of aromatic nitrogens is 2. The fraction of sp³-hybridized carbons (Fsp3) is 0.261. The Balaban J connectivity index is 1.96. The molecule has 0 saturated carbocycles. The van der Waals surface area contributed by atoms with Crippen LogP contribution in [0.3, 0.4) is 0 Å². The maximum absolute atomic E-state index is 13.0. The molecule has 3 rings (SSSR count). The Kier molecular flexibility index (Phi) is 6.92. The van der Waals surface area contributed by atoms with Crippen molar-refractivity contribution in [2.75, 3.05) is 19.8 Å². The van der Waals surface area contributed by atoms with Gasteiger partial charge in [0.2, 0.25) is 0 Å². The van der Waals surface area contributed by atoms with Gasteiger partial charge >= 0.3 is 5.69 Å². The van der Waals surface area contributed by atoms with E-state index in [0.717, 1.165) is 4.57 Å². The lowest BCUT2D eigenvalue weighted by Crippen LogP contribution is -2.35. The first-order valence-corrected chi connectivity index (χ1v) is 10.0. The summed E-state index contributed by atoms with van der Waals surface area (Å²) >= 11 is 0. The SMILES string of the molecule is C=CCNC(=O)c1ccc(Cn2c(=O)[nH]c3cc(OCC)c(OCC)cc3c2=O)cc1. The number of H-pyrrole nitrogens is 1. The molecule has 8 heteroatoms. The van der Waals surface area contributed by atoms with E-state index in [2.05, 4.69) is 16.9 Å². The summed E-state index contributed by atoms with van der Waals surface area (Å²) in [7, 11) is 0. The number of fused-ring (bicyclic) bond motifs is 1. The minimum Gasteiger partial charge on any atom is -0.490 e. The summed E-state index contributed by atoms with van der Waals surface area (Å²) in [5.41, 5.74) is 0.609. The molecule has 0 atom stereocenters. The van der Waals surface area contributed by atoms with E-state index in [-0.39, 0.29) is 12.5 Å². The molecule has 8 nitrogen and oxygen atoms in total. The quantitative estimate of drug-likeness (QED) is 0.515. The molecular weight excluding hydrogens is 398 g/mol. The van der Waals surface area contributed by atoms with Gasteiger partial charge in [-0.1, -0.05) is 18.2 Å². The van der Waals surface area contributed by atoms with Crippen LogP contribution in [-0.2, 0) is 6.54 Å². The lowest BCUT2D eigenvalue weighted by Gasteiger charge is -2.13. The van der Waals surface area contributed by atoms with Crippen molar-refractivity contribution in [1.29, 1.82) is 0 Å². The molecule has 0 spiro atoms. The Morgan fingerprint density at radius 1 is 1.10 bits per heavy atom. The number of hydrogen-bond acceptors (Lipinski definition) is 5. The molecule has 0 fully saturated rings. The van der Waals surface area contributed by atoms with E-state index in [1.807, 2.05) is 13.8 Å². The van der Waals surface area contributed by atoms with Gasteiger partial charge in [-0.25, -0.2) is 4.79 Å². The highest BCUT2D eigenvalue weighted by Gasteiger charge is 2.14. The number of aromatic amines is 1. The topological polar surface area (TPSA) is 102 Å². The molecule has 0 unspecified atom stereocenters. The zero-order valence-electron chi connectivity index (χ0n) is 17.6. The second-order valence-corrected chi connectivity index (χ2v) is 6.73. The van der Waals surface area contributed by atoms with Crippen molar-refractivity contribution in [2.45, 2.75) is 20.4 Å². The van der Waals surface area contributed by atoms with E-state index < -0.39 is 11.2 Å². The van der Waals surface area contributed by atoms with E-state index in [0.29, 0.717) is 53.3 Å². The minimum atomic E-state index is -0.531. The number of carbonyl (C=O) groups is 1. The first-order valence-electron chi connectivity index (χ1n) is 10.0. The van der Waals surface area contributed by atoms with Crippen LogP contribution in [0.15, 0.2) is 58.6 Å². The van der Waals surface area contributed by atoms with Gasteiger partial charge in [0.05, 0.1) is 30.7 Å². The van der Waals surface area contributed by atoms with Crippen LogP contribution in [0.4, 0.5) is 0 Å². The first kappa shape index (κ1) is 21.9. The van der Waals surface area contributed by atoms with Gasteiger partial charge < -0.3 is 19.8 Å². The monoisotopic (exact) mass is 423 g/mol. The number of nitrogens with one attached hydrogen (secondary N) is 2. The standard InChI is InChI=1S/C23H25N3O5/c1-4-11-24-21(27)16-9-7-15(8-10-16)14-26-22(28)17-12-19(30-5-2)20(31-6-3)13-18(17)25-23(26)29/h4,7-10,12-13H,1,5-6,11,14H2,2-3H3,(H,24,27)(H,25,29). The number of nitrogens with zero attached hydrogens (tertiary/aromatic N) is 1. The third-order valence-electron chi connectivity index (χ3n) is 4.61. The highest BCUT2D eigenvalue weighted by molar-refractivity contribution is 5.94. The smallest absolute Gasteiger partial charge is 0.329 e. The largest absolute Gasteiger partial charge is 0.490 e. The van der Waals surface area contributed by atoms with Gasteiger partial charge in [-0.15, -0.1) is 6.58 Å². The Hall–Kier alpha value is -3.81. The maximum atomic E-state index is 13.0. The molecule has 0 aliphatic carbocycles. The summed E-state index contributed by atoms with van der Waals surface area (Å²) in [4.78, 5) is 40.4. The Bertz CT molecular complexity index is 1210.